The second-order valence-corrected chi connectivity index (χ2v) is 7.68. The van der Waals surface area contributed by atoms with Crippen LogP contribution in [0.25, 0.3) is 0 Å². The molecule has 1 aromatic heterocycles. The van der Waals surface area contributed by atoms with E-state index in [9.17, 15) is 18.3 Å². The van der Waals surface area contributed by atoms with Gasteiger partial charge in [-0.05, 0) is 63.5 Å². The molecule has 2 heterocycles. The number of nitrogens with zero attached hydrogens (tertiary/aromatic N) is 2. The molecule has 1 saturated heterocycles. The fraction of sp³-hybridized carbons (Fsp3) is 0.500. The number of piperidine rings is 1. The number of pyridine rings is 1. The minimum Gasteiger partial charge on any atom is -0.469 e. The van der Waals surface area contributed by atoms with E-state index in [1.807, 2.05) is 26.0 Å². The van der Waals surface area contributed by atoms with Crippen molar-refractivity contribution in [1.29, 1.82) is 0 Å². The molecule has 1 N–H and O–H groups in total. The Hall–Kier alpha value is -2.12. The van der Waals surface area contributed by atoms with Gasteiger partial charge in [-0.3, -0.25) is 4.90 Å². The smallest absolute Gasteiger partial charge is 0.416 e. The molecule has 2 aromatic rings. The van der Waals surface area contributed by atoms with E-state index in [0.29, 0.717) is 5.88 Å². The van der Waals surface area contributed by atoms with E-state index in [4.69, 9.17) is 4.74 Å². The number of halogens is 3. The highest BCUT2D eigenvalue weighted by Gasteiger charge is 2.33. The van der Waals surface area contributed by atoms with Gasteiger partial charge in [-0.25, -0.2) is 4.98 Å². The lowest BCUT2D eigenvalue weighted by Crippen LogP contribution is -2.43. The first-order valence-corrected chi connectivity index (χ1v) is 9.90. The number of alkyl halides is 3. The zero-order valence-corrected chi connectivity index (χ0v) is 16.7. The number of hydrogen-bond donors (Lipinski definition) is 1. The second-order valence-electron chi connectivity index (χ2n) is 7.68. The molecule has 1 aliphatic heterocycles. The number of aliphatic hydroxyl groups is 1. The molecule has 1 unspecified atom stereocenters. The highest BCUT2D eigenvalue weighted by atomic mass is 19.4. The molecule has 1 fully saturated rings. The average Bonchev–Trinajstić information content (AvgIpc) is 2.71. The Bertz CT molecular complexity index is 787. The van der Waals surface area contributed by atoms with Gasteiger partial charge in [0.05, 0.1) is 12.2 Å². The third kappa shape index (κ3) is 5.48. The summed E-state index contributed by atoms with van der Waals surface area (Å²) < 4.78 is 45.1. The quantitative estimate of drug-likeness (QED) is 0.758. The molecule has 2 atom stereocenters. The van der Waals surface area contributed by atoms with Gasteiger partial charge in [0.2, 0.25) is 5.88 Å². The van der Waals surface area contributed by atoms with Crippen molar-refractivity contribution in [3.8, 4) is 5.88 Å². The number of aryl methyl sites for hydroxylation is 1. The Balaban J connectivity index is 1.82. The molecule has 4 nitrogen and oxygen atoms in total. The lowest BCUT2D eigenvalue weighted by molar-refractivity contribution is -0.137. The van der Waals surface area contributed by atoms with Crippen molar-refractivity contribution in [3.05, 3.63) is 59.3 Å². The molecular formula is C22H27F3N2O2. The van der Waals surface area contributed by atoms with Crippen LogP contribution in [0.3, 0.4) is 0 Å². The topological polar surface area (TPSA) is 45.6 Å². The van der Waals surface area contributed by atoms with Gasteiger partial charge >= 0.3 is 6.18 Å². The van der Waals surface area contributed by atoms with Crippen LogP contribution in [-0.2, 0) is 6.18 Å². The maximum atomic E-state index is 13.0. The molecular weight excluding hydrogens is 381 g/mol. The van der Waals surface area contributed by atoms with Crippen molar-refractivity contribution in [2.24, 2.45) is 5.92 Å². The predicted molar refractivity (Wildman–Crippen MR) is 105 cm³/mol. The summed E-state index contributed by atoms with van der Waals surface area (Å²) in [7, 11) is 0. The van der Waals surface area contributed by atoms with E-state index < -0.39 is 11.7 Å². The maximum Gasteiger partial charge on any atom is 0.416 e. The van der Waals surface area contributed by atoms with Crippen LogP contribution in [0.15, 0.2) is 42.5 Å². The average molecular weight is 408 g/mol. The summed E-state index contributed by atoms with van der Waals surface area (Å²) in [5, 5.41) is 9.39. The van der Waals surface area contributed by atoms with Gasteiger partial charge in [-0.15, -0.1) is 0 Å². The molecule has 29 heavy (non-hydrogen) atoms. The molecule has 0 bridgehead atoms. The van der Waals surface area contributed by atoms with Crippen LogP contribution in [0.4, 0.5) is 13.2 Å². The molecule has 1 aromatic carbocycles. The van der Waals surface area contributed by atoms with Gasteiger partial charge in [0.1, 0.15) is 6.10 Å². The lowest BCUT2D eigenvalue weighted by atomic mass is 9.86. The van der Waals surface area contributed by atoms with E-state index in [1.54, 1.807) is 6.07 Å². The normalized spacial score (nSPS) is 18.4. The first-order chi connectivity index (χ1) is 13.8. The second kappa shape index (κ2) is 9.13. The number of likely N-dealkylation sites (tertiary alicyclic amines) is 1. The minimum atomic E-state index is -4.36. The van der Waals surface area contributed by atoms with Crippen LogP contribution in [0.5, 0.6) is 5.88 Å². The summed E-state index contributed by atoms with van der Waals surface area (Å²) in [5.74, 6) is 0.622. The minimum absolute atomic E-state index is 0.0971. The lowest BCUT2D eigenvalue weighted by Gasteiger charge is -2.38. The Labute approximate surface area is 169 Å². The number of rotatable bonds is 6. The van der Waals surface area contributed by atoms with Crippen LogP contribution in [0, 0.1) is 12.8 Å². The van der Waals surface area contributed by atoms with Gasteiger partial charge in [0.25, 0.3) is 0 Å². The number of ether oxygens (including phenoxy) is 1. The molecule has 0 saturated carbocycles. The Morgan fingerprint density at radius 1 is 1.14 bits per heavy atom. The van der Waals surface area contributed by atoms with Crippen LogP contribution in [-0.4, -0.2) is 40.7 Å². The molecule has 0 aliphatic carbocycles. The maximum absolute atomic E-state index is 13.0. The van der Waals surface area contributed by atoms with Crippen LogP contribution < -0.4 is 4.74 Å². The highest BCUT2D eigenvalue weighted by molar-refractivity contribution is 5.28. The van der Waals surface area contributed by atoms with Crippen molar-refractivity contribution in [3.63, 3.8) is 0 Å². The zero-order valence-electron chi connectivity index (χ0n) is 16.7. The van der Waals surface area contributed by atoms with Gasteiger partial charge < -0.3 is 9.84 Å². The zero-order chi connectivity index (χ0) is 21.0. The molecule has 1 aliphatic rings. The summed E-state index contributed by atoms with van der Waals surface area (Å²) in [6.07, 6.45) is -3.07. The van der Waals surface area contributed by atoms with Gasteiger partial charge in [-0.1, -0.05) is 18.2 Å². The van der Waals surface area contributed by atoms with Crippen LogP contribution >= 0.6 is 0 Å². The largest absolute Gasteiger partial charge is 0.469 e. The Morgan fingerprint density at radius 3 is 2.34 bits per heavy atom. The first kappa shape index (κ1) is 21.6. The van der Waals surface area contributed by atoms with Gasteiger partial charge in [-0.2, -0.15) is 13.2 Å². The molecule has 0 amide bonds. The number of hydrogen-bond acceptors (Lipinski definition) is 4. The van der Waals surface area contributed by atoms with Gasteiger partial charge in [0.15, 0.2) is 0 Å². The van der Waals surface area contributed by atoms with E-state index in [-0.39, 0.29) is 24.7 Å². The molecule has 0 radical (unpaired) electrons. The van der Waals surface area contributed by atoms with Crippen LogP contribution in [0.2, 0.25) is 0 Å². The highest BCUT2D eigenvalue weighted by Crippen LogP contribution is 2.36. The fourth-order valence-corrected chi connectivity index (χ4v) is 3.79. The van der Waals surface area contributed by atoms with Crippen molar-refractivity contribution < 1.29 is 23.0 Å². The van der Waals surface area contributed by atoms with Gasteiger partial charge in [0, 0.05) is 23.7 Å². The monoisotopic (exact) mass is 408 g/mol. The summed E-state index contributed by atoms with van der Waals surface area (Å²) in [6, 6.07) is 10.8. The summed E-state index contributed by atoms with van der Waals surface area (Å²) >= 11 is 0. The van der Waals surface area contributed by atoms with E-state index in [0.717, 1.165) is 49.3 Å². The first-order valence-electron chi connectivity index (χ1n) is 9.90. The van der Waals surface area contributed by atoms with Crippen LogP contribution in [0.1, 0.15) is 42.7 Å². The fourth-order valence-electron chi connectivity index (χ4n) is 3.79. The van der Waals surface area contributed by atoms with Crippen molar-refractivity contribution in [1.82, 2.24) is 9.88 Å². The predicted octanol–water partition coefficient (Wildman–Crippen LogP) is 4.62. The molecule has 3 rings (SSSR count). The SMILES string of the molecule is Cc1cccc(OC(c2ccc(C(F)(F)F)cc2)C2CCN([C@@H](C)CO)CC2)n1. The standard InChI is InChI=1S/C22H27F3N2O2/c1-15-4-3-5-20(26-15)29-21(17-6-8-19(9-7-17)22(23,24)25)18-10-12-27(13-11-18)16(2)14-28/h3-9,16,18,21,28H,10-14H2,1-2H3/t16-,21?/m0/s1. The third-order valence-electron chi connectivity index (χ3n) is 5.57. The van der Waals surface area contributed by atoms with Crippen molar-refractivity contribution in [2.45, 2.75) is 45.0 Å². The Kier molecular flexibility index (Phi) is 6.80. The van der Waals surface area contributed by atoms with E-state index in [2.05, 4.69) is 9.88 Å². The number of benzene rings is 1. The summed E-state index contributed by atoms with van der Waals surface area (Å²) in [6.45, 7) is 5.59. The Morgan fingerprint density at radius 2 is 1.79 bits per heavy atom. The molecule has 7 heteroatoms. The summed E-state index contributed by atoms with van der Waals surface area (Å²) in [4.78, 5) is 6.63. The van der Waals surface area contributed by atoms with E-state index >= 15 is 0 Å². The molecule has 158 valence electrons. The van der Waals surface area contributed by atoms with Crippen molar-refractivity contribution in [2.75, 3.05) is 19.7 Å². The summed E-state index contributed by atoms with van der Waals surface area (Å²) in [5.41, 5.74) is 0.871. The number of aliphatic hydroxyl groups excluding tert-OH is 1. The van der Waals surface area contributed by atoms with Crippen molar-refractivity contribution >= 4 is 0 Å². The van der Waals surface area contributed by atoms with E-state index in [1.165, 1.54) is 12.1 Å². The molecule has 0 spiro atoms. The third-order valence-corrected chi connectivity index (χ3v) is 5.57. The number of aromatic nitrogens is 1.